The van der Waals surface area contributed by atoms with Crippen LogP contribution in [0.1, 0.15) is 21.1 Å². The number of thiazole rings is 1. The van der Waals surface area contributed by atoms with Crippen LogP contribution in [0.4, 0.5) is 14.5 Å². The highest BCUT2D eigenvalue weighted by Crippen LogP contribution is 2.26. The lowest BCUT2D eigenvalue weighted by molar-refractivity contribution is -0.0493. The number of para-hydroxylation sites is 2. The zero-order valence-electron chi connectivity index (χ0n) is 14.3. The molecule has 0 radical (unpaired) electrons. The molecular weight excluding hydrogens is 374 g/mol. The van der Waals surface area contributed by atoms with Crippen LogP contribution in [0.25, 0.3) is 0 Å². The van der Waals surface area contributed by atoms with Gasteiger partial charge in [0.05, 0.1) is 5.69 Å². The van der Waals surface area contributed by atoms with Gasteiger partial charge in [0.25, 0.3) is 5.91 Å². The molecule has 0 unspecified atom stereocenters. The van der Waals surface area contributed by atoms with Gasteiger partial charge in [0.15, 0.2) is 0 Å². The number of anilines is 1. The largest absolute Gasteiger partial charge is 0.486 e. The molecule has 0 fully saturated rings. The predicted molar refractivity (Wildman–Crippen MR) is 98.7 cm³/mol. The molecule has 140 valence electrons. The highest BCUT2D eigenvalue weighted by atomic mass is 32.1. The molecule has 0 bridgehead atoms. The van der Waals surface area contributed by atoms with E-state index >= 15 is 0 Å². The molecule has 1 amide bonds. The Balaban J connectivity index is 1.62. The maximum atomic E-state index is 12.5. The fourth-order valence-electron chi connectivity index (χ4n) is 2.22. The SMILES string of the molecule is Cc1ccc(OCc2nc(C(=O)Nc3ccccc3OC(F)F)cs2)cc1. The summed E-state index contributed by atoms with van der Waals surface area (Å²) in [5.74, 6) is 0.0806. The molecule has 0 aliphatic carbocycles. The van der Waals surface area contributed by atoms with Crippen LogP contribution in [-0.2, 0) is 6.61 Å². The Labute approximate surface area is 158 Å². The van der Waals surface area contributed by atoms with E-state index in [-0.39, 0.29) is 23.7 Å². The Morgan fingerprint density at radius 3 is 2.67 bits per heavy atom. The van der Waals surface area contributed by atoms with Crippen molar-refractivity contribution in [3.8, 4) is 11.5 Å². The summed E-state index contributed by atoms with van der Waals surface area (Å²) in [6.45, 7) is -0.764. The number of nitrogens with zero attached hydrogens (tertiary/aromatic N) is 1. The Kier molecular flexibility index (Phi) is 5.97. The molecule has 0 saturated heterocycles. The van der Waals surface area contributed by atoms with Gasteiger partial charge in [0.2, 0.25) is 0 Å². The van der Waals surface area contributed by atoms with Gasteiger partial charge in [0, 0.05) is 5.38 Å². The second kappa shape index (κ2) is 8.59. The van der Waals surface area contributed by atoms with Crippen LogP contribution in [0.3, 0.4) is 0 Å². The first-order chi connectivity index (χ1) is 13.0. The van der Waals surface area contributed by atoms with Gasteiger partial charge in [-0.05, 0) is 31.2 Å². The van der Waals surface area contributed by atoms with Gasteiger partial charge in [-0.25, -0.2) is 4.98 Å². The zero-order chi connectivity index (χ0) is 19.2. The highest BCUT2D eigenvalue weighted by molar-refractivity contribution is 7.09. The fraction of sp³-hybridized carbons (Fsp3) is 0.158. The number of rotatable bonds is 7. The third kappa shape index (κ3) is 5.24. The first-order valence-electron chi connectivity index (χ1n) is 8.00. The molecule has 2 aromatic carbocycles. The number of alkyl halides is 2. The molecule has 5 nitrogen and oxygen atoms in total. The van der Waals surface area contributed by atoms with E-state index in [9.17, 15) is 13.6 Å². The zero-order valence-corrected chi connectivity index (χ0v) is 15.1. The van der Waals surface area contributed by atoms with Crippen LogP contribution in [0.2, 0.25) is 0 Å². The highest BCUT2D eigenvalue weighted by Gasteiger charge is 2.15. The lowest BCUT2D eigenvalue weighted by Gasteiger charge is -2.10. The van der Waals surface area contributed by atoms with E-state index in [1.165, 1.54) is 29.5 Å². The summed E-state index contributed by atoms with van der Waals surface area (Å²) in [6, 6.07) is 13.6. The average Bonchev–Trinajstić information content (AvgIpc) is 3.12. The number of benzene rings is 2. The molecule has 0 atom stereocenters. The van der Waals surface area contributed by atoms with Crippen molar-refractivity contribution >= 4 is 22.9 Å². The monoisotopic (exact) mass is 390 g/mol. The summed E-state index contributed by atoms with van der Waals surface area (Å²) in [6.07, 6.45) is 0. The molecule has 0 aliphatic rings. The van der Waals surface area contributed by atoms with Gasteiger partial charge in [-0.2, -0.15) is 8.78 Å². The van der Waals surface area contributed by atoms with Gasteiger partial charge in [-0.1, -0.05) is 29.8 Å². The van der Waals surface area contributed by atoms with Crippen molar-refractivity contribution in [1.82, 2.24) is 4.98 Å². The topological polar surface area (TPSA) is 60.5 Å². The Bertz CT molecular complexity index is 913. The van der Waals surface area contributed by atoms with Crippen LogP contribution in [-0.4, -0.2) is 17.5 Å². The molecule has 0 spiro atoms. The second-order valence-corrected chi connectivity index (χ2v) is 6.50. The average molecular weight is 390 g/mol. The number of aromatic nitrogens is 1. The number of hydrogen-bond acceptors (Lipinski definition) is 5. The van der Waals surface area contributed by atoms with Crippen molar-refractivity contribution in [3.05, 3.63) is 70.2 Å². The molecular formula is C19H16F2N2O3S. The minimum Gasteiger partial charge on any atom is -0.486 e. The fourth-order valence-corrected chi connectivity index (χ4v) is 2.90. The van der Waals surface area contributed by atoms with Crippen molar-refractivity contribution in [1.29, 1.82) is 0 Å². The normalized spacial score (nSPS) is 10.7. The molecule has 8 heteroatoms. The van der Waals surface area contributed by atoms with Crippen molar-refractivity contribution in [2.24, 2.45) is 0 Å². The van der Waals surface area contributed by atoms with Gasteiger partial charge < -0.3 is 14.8 Å². The molecule has 27 heavy (non-hydrogen) atoms. The van der Waals surface area contributed by atoms with Gasteiger partial charge in [-0.15, -0.1) is 11.3 Å². The molecule has 3 rings (SSSR count). The molecule has 1 heterocycles. The quantitative estimate of drug-likeness (QED) is 0.624. The van der Waals surface area contributed by atoms with Gasteiger partial charge in [-0.3, -0.25) is 4.79 Å². The number of amides is 1. The summed E-state index contributed by atoms with van der Waals surface area (Å²) in [7, 11) is 0. The van der Waals surface area contributed by atoms with Crippen LogP contribution >= 0.6 is 11.3 Å². The molecule has 0 aliphatic heterocycles. The number of hydrogen-bond donors (Lipinski definition) is 1. The van der Waals surface area contributed by atoms with E-state index < -0.39 is 12.5 Å². The first kappa shape index (κ1) is 18.8. The van der Waals surface area contributed by atoms with Crippen LogP contribution in [0, 0.1) is 6.92 Å². The summed E-state index contributed by atoms with van der Waals surface area (Å²) in [5.41, 5.74) is 1.45. The van der Waals surface area contributed by atoms with Gasteiger partial charge in [0.1, 0.15) is 28.8 Å². The standard InChI is InChI=1S/C19H16F2N2O3S/c1-12-6-8-13(9-7-12)25-10-17-22-15(11-27-17)18(24)23-14-4-2-3-5-16(14)26-19(20)21/h2-9,11,19H,10H2,1H3,(H,23,24). The van der Waals surface area contributed by atoms with E-state index in [2.05, 4.69) is 15.0 Å². The predicted octanol–water partition coefficient (Wildman–Crippen LogP) is 4.88. The van der Waals surface area contributed by atoms with E-state index in [4.69, 9.17) is 4.74 Å². The smallest absolute Gasteiger partial charge is 0.387 e. The number of carbonyl (C=O) groups excluding carboxylic acids is 1. The van der Waals surface area contributed by atoms with Crippen LogP contribution in [0.15, 0.2) is 53.9 Å². The van der Waals surface area contributed by atoms with Crippen molar-refractivity contribution in [2.45, 2.75) is 20.1 Å². The molecule has 1 aromatic heterocycles. The molecule has 0 saturated carbocycles. The number of aryl methyl sites for hydroxylation is 1. The summed E-state index contributed by atoms with van der Waals surface area (Å²) in [4.78, 5) is 16.5. The number of nitrogens with one attached hydrogen (secondary N) is 1. The van der Waals surface area contributed by atoms with Crippen molar-refractivity contribution in [3.63, 3.8) is 0 Å². The van der Waals surface area contributed by atoms with E-state index in [0.717, 1.165) is 5.56 Å². The summed E-state index contributed by atoms with van der Waals surface area (Å²) >= 11 is 1.28. The first-order valence-corrected chi connectivity index (χ1v) is 8.88. The lowest BCUT2D eigenvalue weighted by Crippen LogP contribution is -2.14. The Hall–Kier alpha value is -3.00. The van der Waals surface area contributed by atoms with E-state index in [0.29, 0.717) is 10.8 Å². The number of carbonyl (C=O) groups is 1. The third-order valence-electron chi connectivity index (χ3n) is 3.52. The number of halogens is 2. The van der Waals surface area contributed by atoms with Crippen LogP contribution in [0.5, 0.6) is 11.5 Å². The minimum absolute atomic E-state index is 0.112. The third-order valence-corrected chi connectivity index (χ3v) is 4.34. The van der Waals surface area contributed by atoms with E-state index in [1.54, 1.807) is 11.4 Å². The number of ether oxygens (including phenoxy) is 2. The maximum absolute atomic E-state index is 12.5. The second-order valence-electron chi connectivity index (χ2n) is 5.56. The van der Waals surface area contributed by atoms with E-state index in [1.807, 2.05) is 31.2 Å². The summed E-state index contributed by atoms with van der Waals surface area (Å²) < 4.78 is 34.9. The molecule has 3 aromatic rings. The van der Waals surface area contributed by atoms with Crippen molar-refractivity contribution in [2.75, 3.05) is 5.32 Å². The minimum atomic E-state index is -2.98. The summed E-state index contributed by atoms with van der Waals surface area (Å²) in [5, 5.41) is 4.74. The van der Waals surface area contributed by atoms with Crippen molar-refractivity contribution < 1.29 is 23.0 Å². The Morgan fingerprint density at radius 2 is 1.93 bits per heavy atom. The Morgan fingerprint density at radius 1 is 1.19 bits per heavy atom. The molecule has 1 N–H and O–H groups in total. The maximum Gasteiger partial charge on any atom is 0.387 e. The van der Waals surface area contributed by atoms with Crippen LogP contribution < -0.4 is 14.8 Å². The van der Waals surface area contributed by atoms with Gasteiger partial charge >= 0.3 is 6.61 Å². The lowest BCUT2D eigenvalue weighted by atomic mass is 10.2.